The Balaban J connectivity index is 3.96. The second kappa shape index (κ2) is 43.4. The van der Waals surface area contributed by atoms with E-state index >= 15 is 0 Å². The van der Waals surface area contributed by atoms with Crippen LogP contribution < -0.4 is 5.32 Å². The fraction of sp³-hybridized carbons (Fsp3) is 0.977. The number of carbonyl (C=O) groups excluding carboxylic acids is 1. The zero-order valence-electron chi connectivity index (χ0n) is 33.8. The van der Waals surface area contributed by atoms with E-state index in [1.165, 1.54) is 218 Å². The van der Waals surface area contributed by atoms with Crippen LogP contribution in [0.15, 0.2) is 0 Å². The zero-order chi connectivity index (χ0) is 35.6. The number of carbonyl (C=O) groups is 1. The van der Waals surface area contributed by atoms with Crippen molar-refractivity contribution in [2.45, 2.75) is 232 Å². The minimum atomic E-state index is -0.306. The third-order valence-corrected chi connectivity index (χ3v) is 10.4. The van der Waals surface area contributed by atoms with Gasteiger partial charge in [-0.3, -0.25) is 0 Å². The molecule has 0 saturated heterocycles. The maximum atomic E-state index is 12.3. The average Bonchev–Trinajstić information content (AvgIpc) is 3.11. The topological polar surface area (TPSA) is 56.8 Å². The van der Waals surface area contributed by atoms with Gasteiger partial charge < -0.3 is 19.5 Å². The van der Waals surface area contributed by atoms with Gasteiger partial charge in [0.2, 0.25) is 0 Å². The Morgan fingerprint density at radius 3 is 1.06 bits per heavy atom. The first-order chi connectivity index (χ1) is 24.2. The summed E-state index contributed by atoms with van der Waals surface area (Å²) in [7, 11) is 1.66. The van der Waals surface area contributed by atoms with E-state index in [4.69, 9.17) is 14.2 Å². The lowest BCUT2D eigenvalue weighted by atomic mass is 9.94. The van der Waals surface area contributed by atoms with E-state index in [2.05, 4.69) is 19.2 Å². The molecule has 0 aromatic carbocycles. The molecular weight excluding hydrogens is 606 g/mol. The van der Waals surface area contributed by atoms with Crippen molar-refractivity contribution in [3.8, 4) is 0 Å². The SMILES string of the molecule is CCCCCCCCCCCCCCCCCCC(CCCCCCCCCCCCCCCCCC)CNC(=O)OCCOCCOC. The molecule has 5 heteroatoms. The zero-order valence-corrected chi connectivity index (χ0v) is 33.8. The molecule has 1 N–H and O–H groups in total. The maximum absolute atomic E-state index is 12.3. The van der Waals surface area contributed by atoms with Crippen LogP contribution in [0.3, 0.4) is 0 Å². The second-order valence-corrected chi connectivity index (χ2v) is 15.2. The van der Waals surface area contributed by atoms with Gasteiger partial charge in [0, 0.05) is 13.7 Å². The van der Waals surface area contributed by atoms with Crippen LogP contribution in [0, 0.1) is 5.92 Å². The molecule has 0 radical (unpaired) electrons. The predicted molar refractivity (Wildman–Crippen MR) is 214 cm³/mol. The molecule has 0 aromatic rings. The van der Waals surface area contributed by atoms with Gasteiger partial charge in [-0.05, 0) is 18.8 Å². The molecule has 0 aromatic heterocycles. The highest BCUT2D eigenvalue weighted by molar-refractivity contribution is 5.67. The Labute approximate surface area is 307 Å². The van der Waals surface area contributed by atoms with E-state index in [0.717, 1.165) is 6.54 Å². The fourth-order valence-corrected chi connectivity index (χ4v) is 7.03. The number of amides is 1. The largest absolute Gasteiger partial charge is 0.447 e. The van der Waals surface area contributed by atoms with Crippen molar-refractivity contribution >= 4 is 6.09 Å². The lowest BCUT2D eigenvalue weighted by molar-refractivity contribution is 0.0419. The van der Waals surface area contributed by atoms with Crippen LogP contribution in [0.4, 0.5) is 4.79 Å². The van der Waals surface area contributed by atoms with Gasteiger partial charge in [0.15, 0.2) is 0 Å². The summed E-state index contributed by atoms with van der Waals surface area (Å²) in [6, 6.07) is 0. The van der Waals surface area contributed by atoms with Gasteiger partial charge in [-0.25, -0.2) is 4.79 Å². The monoisotopic (exact) mass is 696 g/mol. The van der Waals surface area contributed by atoms with E-state index in [-0.39, 0.29) is 6.09 Å². The van der Waals surface area contributed by atoms with E-state index in [9.17, 15) is 4.79 Å². The van der Waals surface area contributed by atoms with Crippen molar-refractivity contribution < 1.29 is 19.0 Å². The number of unbranched alkanes of at least 4 members (excludes halogenated alkanes) is 30. The summed E-state index contributed by atoms with van der Waals surface area (Å²) in [5.74, 6) is 0.559. The van der Waals surface area contributed by atoms with E-state index in [0.29, 0.717) is 32.3 Å². The van der Waals surface area contributed by atoms with E-state index in [1.807, 2.05) is 0 Å². The first-order valence-corrected chi connectivity index (χ1v) is 22.2. The molecule has 0 bridgehead atoms. The molecule has 0 rings (SSSR count). The summed E-state index contributed by atoms with van der Waals surface area (Å²) in [5.41, 5.74) is 0. The minimum Gasteiger partial charge on any atom is -0.447 e. The Bertz CT molecular complexity index is 580. The molecular formula is C44H89NO4. The number of rotatable bonds is 42. The van der Waals surface area contributed by atoms with Crippen molar-refractivity contribution in [2.24, 2.45) is 5.92 Å². The Kier molecular flexibility index (Phi) is 42.6. The number of hydrogen-bond acceptors (Lipinski definition) is 4. The van der Waals surface area contributed by atoms with E-state index < -0.39 is 0 Å². The first-order valence-electron chi connectivity index (χ1n) is 22.2. The Morgan fingerprint density at radius 1 is 0.429 bits per heavy atom. The number of alkyl carbamates (subject to hydrolysis) is 1. The lowest BCUT2D eigenvalue weighted by Gasteiger charge is -2.18. The molecule has 294 valence electrons. The van der Waals surface area contributed by atoms with Crippen LogP contribution >= 0.6 is 0 Å². The van der Waals surface area contributed by atoms with Crippen molar-refractivity contribution in [3.63, 3.8) is 0 Å². The molecule has 0 saturated carbocycles. The van der Waals surface area contributed by atoms with Crippen molar-refractivity contribution in [3.05, 3.63) is 0 Å². The van der Waals surface area contributed by atoms with Crippen molar-refractivity contribution in [1.29, 1.82) is 0 Å². The van der Waals surface area contributed by atoms with Crippen molar-refractivity contribution in [2.75, 3.05) is 40.1 Å². The third-order valence-electron chi connectivity index (χ3n) is 10.4. The highest BCUT2D eigenvalue weighted by Crippen LogP contribution is 2.20. The van der Waals surface area contributed by atoms with Gasteiger partial charge in [-0.1, -0.05) is 219 Å². The summed E-state index contributed by atoms with van der Waals surface area (Å²) in [6.45, 7) is 7.13. The fourth-order valence-electron chi connectivity index (χ4n) is 7.03. The molecule has 0 heterocycles. The summed E-state index contributed by atoms with van der Waals surface area (Å²) in [4.78, 5) is 12.3. The molecule has 0 aliphatic rings. The highest BCUT2D eigenvalue weighted by atomic mass is 16.6. The predicted octanol–water partition coefficient (Wildman–Crippen LogP) is 14.3. The van der Waals surface area contributed by atoms with Crippen LogP contribution in [0.5, 0.6) is 0 Å². The molecule has 0 aliphatic carbocycles. The smallest absolute Gasteiger partial charge is 0.407 e. The average molecular weight is 696 g/mol. The van der Waals surface area contributed by atoms with Gasteiger partial charge in [-0.15, -0.1) is 0 Å². The van der Waals surface area contributed by atoms with Crippen LogP contribution in [-0.4, -0.2) is 46.2 Å². The van der Waals surface area contributed by atoms with Gasteiger partial charge >= 0.3 is 6.09 Å². The van der Waals surface area contributed by atoms with Crippen LogP contribution in [0.2, 0.25) is 0 Å². The minimum absolute atomic E-state index is 0.290. The van der Waals surface area contributed by atoms with Crippen molar-refractivity contribution in [1.82, 2.24) is 5.32 Å². The number of hydrogen-bond donors (Lipinski definition) is 1. The first kappa shape index (κ1) is 48.2. The summed E-state index contributed by atoms with van der Waals surface area (Å²) in [5, 5.41) is 3.05. The lowest BCUT2D eigenvalue weighted by Crippen LogP contribution is -2.30. The Morgan fingerprint density at radius 2 is 0.735 bits per heavy atom. The van der Waals surface area contributed by atoms with Gasteiger partial charge in [0.05, 0.1) is 19.8 Å². The molecule has 0 unspecified atom stereocenters. The Hall–Kier alpha value is -0.810. The quantitative estimate of drug-likeness (QED) is 0.0646. The second-order valence-electron chi connectivity index (χ2n) is 15.2. The molecule has 1 amide bonds. The standard InChI is InChI=1S/C44H89NO4/c1-4-6-8-10-12-14-16-18-20-22-24-26-28-30-32-34-36-43(42-45-44(46)49-41-40-48-39-38-47-3)37-35-33-31-29-27-25-23-21-19-17-15-13-11-9-7-5-2/h43H,4-42H2,1-3H3,(H,45,46). The highest BCUT2D eigenvalue weighted by Gasteiger charge is 2.11. The number of methoxy groups -OCH3 is 1. The molecule has 0 atom stereocenters. The maximum Gasteiger partial charge on any atom is 0.407 e. The molecule has 0 spiro atoms. The number of ether oxygens (including phenoxy) is 3. The number of nitrogens with one attached hydrogen (secondary N) is 1. The summed E-state index contributed by atoms with van der Waals surface area (Å²) >= 11 is 0. The summed E-state index contributed by atoms with van der Waals surface area (Å²) in [6.07, 6.45) is 47.1. The molecule has 49 heavy (non-hydrogen) atoms. The molecule has 5 nitrogen and oxygen atoms in total. The molecule has 0 aliphatic heterocycles. The van der Waals surface area contributed by atoms with Gasteiger partial charge in [0.25, 0.3) is 0 Å². The third kappa shape index (κ3) is 41.5. The van der Waals surface area contributed by atoms with Crippen LogP contribution in [0.1, 0.15) is 232 Å². The van der Waals surface area contributed by atoms with Crippen LogP contribution in [-0.2, 0) is 14.2 Å². The normalized spacial score (nSPS) is 11.5. The van der Waals surface area contributed by atoms with Gasteiger partial charge in [-0.2, -0.15) is 0 Å². The molecule has 0 fully saturated rings. The van der Waals surface area contributed by atoms with E-state index in [1.54, 1.807) is 7.11 Å². The van der Waals surface area contributed by atoms with Gasteiger partial charge in [0.1, 0.15) is 6.61 Å². The van der Waals surface area contributed by atoms with Crippen LogP contribution in [0.25, 0.3) is 0 Å². The summed E-state index contributed by atoms with van der Waals surface area (Å²) < 4.78 is 15.7.